The van der Waals surface area contributed by atoms with Crippen molar-refractivity contribution in [3.05, 3.63) is 0 Å². The Labute approximate surface area is 343 Å². The molecule has 22 atom stereocenters. The Hall–Kier alpha value is -1.29. The van der Waals surface area contributed by atoms with E-state index in [1.54, 1.807) is 0 Å². The Morgan fingerprint density at radius 2 is 1.03 bits per heavy atom. The maximum Gasteiger partial charge on any atom is 0.305 e. The molecule has 4 fully saturated rings. The van der Waals surface area contributed by atoms with Gasteiger partial charge in [0.25, 0.3) is 0 Å². The first-order chi connectivity index (χ1) is 27.9. The van der Waals surface area contributed by atoms with Gasteiger partial charge in [-0.2, -0.15) is 0 Å². The second kappa shape index (κ2) is 23.4. The number of carbonyl (C=O) groups is 1. The molecule has 0 aromatic heterocycles. The van der Waals surface area contributed by atoms with Crippen molar-refractivity contribution in [3.8, 4) is 0 Å². The molecule has 0 radical (unpaired) electrons. The summed E-state index contributed by atoms with van der Waals surface area (Å²) in [5, 5.41) is 125. The van der Waals surface area contributed by atoms with Crippen LogP contribution in [0.25, 0.3) is 0 Å². The summed E-state index contributed by atoms with van der Waals surface area (Å²) < 4.78 is 46.8. The Kier molecular flexibility index (Phi) is 20.0. The highest BCUT2D eigenvalue weighted by molar-refractivity contribution is 5.67. The fourth-order valence-corrected chi connectivity index (χ4v) is 7.76. The maximum absolute atomic E-state index is 11.5. The van der Waals surface area contributed by atoms with Crippen LogP contribution >= 0.6 is 0 Å². The Morgan fingerprint density at radius 3 is 1.59 bits per heavy atom. The van der Waals surface area contributed by atoms with Crippen LogP contribution < -0.4 is 0 Å². The number of hydrogen-bond acceptors (Lipinski definition) is 20. The Morgan fingerprint density at radius 1 is 0.542 bits per heavy atom. The summed E-state index contributed by atoms with van der Waals surface area (Å²) in [5.41, 5.74) is 0. The number of aliphatic hydroxyl groups excluding tert-OH is 11. The summed E-state index contributed by atoms with van der Waals surface area (Å²) in [4.78, 5) is 10.8. The van der Waals surface area contributed by atoms with E-state index in [1.165, 1.54) is 20.8 Å². The minimum absolute atomic E-state index is 0.298. The first-order valence-electron chi connectivity index (χ1n) is 20.8. The molecule has 346 valence electrons. The number of hydrogen-bond donors (Lipinski definition) is 12. The predicted octanol–water partition coefficient (Wildman–Crippen LogP) is -2.91. The third kappa shape index (κ3) is 13.4. The van der Waals surface area contributed by atoms with Gasteiger partial charge in [-0.25, -0.2) is 0 Å². The van der Waals surface area contributed by atoms with Crippen molar-refractivity contribution < 1.29 is 104 Å². The Bertz CT molecular complexity index is 1240. The minimum atomic E-state index is -1.76. The number of aliphatic hydroxyl groups is 11. The van der Waals surface area contributed by atoms with Gasteiger partial charge in [-0.15, -0.1) is 0 Å². The van der Waals surface area contributed by atoms with Crippen molar-refractivity contribution in [2.75, 3.05) is 6.61 Å². The molecule has 4 heterocycles. The lowest BCUT2D eigenvalue weighted by molar-refractivity contribution is -0.377. The molecule has 4 aliphatic rings. The van der Waals surface area contributed by atoms with E-state index in [1.807, 2.05) is 6.92 Å². The SMILES string of the molecule is CCC[C@@H](CCCCCCC[C@H](O)CC(=O)O)O[C@@H]1O[C@H](CO[C@H]2O[C@@H](C)[C@H](O[C@@H]3O[C@H](C)[C@@H](O)[C@H](O)[C@H]3O)[C@@H](O)[C@H]2O)[C@@H](O)[C@H](O)[C@H]1O[C@@H]1O[C@@H](C)[C@H](O)[C@@H](O)[C@H]1O. The zero-order chi connectivity index (χ0) is 43.7. The molecule has 0 amide bonds. The van der Waals surface area contributed by atoms with Gasteiger partial charge in [0.1, 0.15) is 79.4 Å². The summed E-state index contributed by atoms with van der Waals surface area (Å²) in [5.74, 6) is -1.05. The van der Waals surface area contributed by atoms with Crippen LogP contribution in [0.4, 0.5) is 0 Å². The van der Waals surface area contributed by atoms with Gasteiger partial charge < -0.3 is 99.2 Å². The monoisotopic (exact) mass is 860 g/mol. The van der Waals surface area contributed by atoms with Crippen molar-refractivity contribution >= 4 is 5.97 Å². The van der Waals surface area contributed by atoms with Crippen LogP contribution in [0.2, 0.25) is 0 Å². The van der Waals surface area contributed by atoms with Gasteiger partial charge in [0, 0.05) is 0 Å². The average Bonchev–Trinajstić information content (AvgIpc) is 3.18. The smallest absolute Gasteiger partial charge is 0.305 e. The zero-order valence-electron chi connectivity index (χ0n) is 34.0. The number of rotatable bonds is 21. The van der Waals surface area contributed by atoms with Crippen molar-refractivity contribution in [1.29, 1.82) is 0 Å². The van der Waals surface area contributed by atoms with Crippen molar-refractivity contribution in [2.45, 2.75) is 227 Å². The van der Waals surface area contributed by atoms with E-state index in [4.69, 9.17) is 43.0 Å². The van der Waals surface area contributed by atoms with Crippen molar-refractivity contribution in [2.24, 2.45) is 0 Å². The normalized spacial score (nSPS) is 44.3. The van der Waals surface area contributed by atoms with Gasteiger partial charge in [0.05, 0.1) is 43.5 Å². The van der Waals surface area contributed by atoms with E-state index in [-0.39, 0.29) is 6.42 Å². The highest BCUT2D eigenvalue weighted by Crippen LogP contribution is 2.34. The van der Waals surface area contributed by atoms with Crippen LogP contribution in [0.15, 0.2) is 0 Å². The van der Waals surface area contributed by atoms with E-state index < -0.39 is 148 Å². The second-order valence-corrected chi connectivity index (χ2v) is 16.3. The molecule has 59 heavy (non-hydrogen) atoms. The molecule has 21 nitrogen and oxygen atoms in total. The predicted molar refractivity (Wildman–Crippen MR) is 198 cm³/mol. The lowest BCUT2D eigenvalue weighted by Gasteiger charge is -2.47. The second-order valence-electron chi connectivity index (χ2n) is 16.3. The van der Waals surface area contributed by atoms with Gasteiger partial charge in [0.15, 0.2) is 25.2 Å². The largest absolute Gasteiger partial charge is 0.481 e. The van der Waals surface area contributed by atoms with Crippen molar-refractivity contribution in [3.63, 3.8) is 0 Å². The number of unbranched alkanes of at least 4 members (excludes halogenated alkanes) is 4. The van der Waals surface area contributed by atoms with Gasteiger partial charge in [-0.3, -0.25) is 4.79 Å². The van der Waals surface area contributed by atoms with E-state index >= 15 is 0 Å². The van der Waals surface area contributed by atoms with Crippen molar-refractivity contribution in [1.82, 2.24) is 0 Å². The topological polar surface area (TPSA) is 334 Å². The third-order valence-corrected chi connectivity index (χ3v) is 11.5. The van der Waals surface area contributed by atoms with Gasteiger partial charge in [-0.05, 0) is 40.0 Å². The number of aliphatic carboxylic acids is 1. The molecule has 4 rings (SSSR count). The summed E-state index contributed by atoms with van der Waals surface area (Å²) in [7, 11) is 0. The van der Waals surface area contributed by atoms with Crippen LogP contribution in [0.3, 0.4) is 0 Å². The van der Waals surface area contributed by atoms with Gasteiger partial charge >= 0.3 is 5.97 Å². The van der Waals surface area contributed by atoms with Crippen LogP contribution in [-0.2, 0) is 42.7 Å². The molecule has 0 bridgehead atoms. The molecule has 4 saturated heterocycles. The maximum atomic E-state index is 11.5. The van der Waals surface area contributed by atoms with Crippen LogP contribution in [0.1, 0.15) is 91.9 Å². The molecule has 0 unspecified atom stereocenters. The first-order valence-corrected chi connectivity index (χ1v) is 20.8. The lowest BCUT2D eigenvalue weighted by Crippen LogP contribution is -2.65. The van der Waals surface area contributed by atoms with Crippen LogP contribution in [0, 0.1) is 0 Å². The fourth-order valence-electron chi connectivity index (χ4n) is 7.76. The molecule has 0 spiro atoms. The Balaban J connectivity index is 1.40. The summed E-state index contributed by atoms with van der Waals surface area (Å²) in [6.45, 7) is 5.82. The summed E-state index contributed by atoms with van der Waals surface area (Å²) in [6.07, 6.45) is -25.1. The van der Waals surface area contributed by atoms with Gasteiger partial charge in [0.2, 0.25) is 0 Å². The zero-order valence-corrected chi connectivity index (χ0v) is 34.0. The summed E-state index contributed by atoms with van der Waals surface area (Å²) in [6, 6.07) is 0. The standard InChI is InChI=1S/C38H68O21/c1-5-11-20(13-10-8-6-7-9-12-19(39)14-22(40)41)56-38-34(59-37-31(50)27(46)24(43)17(3)54-37)28(47)25(44)21(57-38)15-52-35-32(51)29(48)33(18(4)55-35)58-36-30(49)26(45)23(42)16(2)53-36/h16-21,23-39,42-51H,5-15H2,1-4H3,(H,40,41)/t16-,17+,18+,19+,20+,21-,23-,24+,25-,26+,27-,28+,29+,30-,31-,32-,33+,34-,35+,36+,37+,38-/m1/s1. The highest BCUT2D eigenvalue weighted by Gasteiger charge is 2.53. The van der Waals surface area contributed by atoms with Crippen LogP contribution in [0.5, 0.6) is 0 Å². The summed E-state index contributed by atoms with van der Waals surface area (Å²) >= 11 is 0. The van der Waals surface area contributed by atoms with E-state index in [0.29, 0.717) is 32.1 Å². The molecule has 0 aromatic rings. The minimum Gasteiger partial charge on any atom is -0.481 e. The van der Waals surface area contributed by atoms with Crippen LogP contribution in [-0.4, -0.2) is 209 Å². The van der Waals surface area contributed by atoms with E-state index in [9.17, 15) is 61.0 Å². The molecule has 4 aliphatic heterocycles. The molecule has 0 saturated carbocycles. The average molecular weight is 861 g/mol. The van der Waals surface area contributed by atoms with E-state index in [0.717, 1.165) is 25.7 Å². The number of carboxylic acid groups (broad SMARTS) is 1. The molecule has 12 N–H and O–H groups in total. The first kappa shape index (κ1) is 50.4. The molecule has 0 aliphatic carbocycles. The molecule has 21 heteroatoms. The van der Waals surface area contributed by atoms with E-state index in [2.05, 4.69) is 0 Å². The number of carboxylic acids is 1. The fraction of sp³-hybridized carbons (Fsp3) is 0.974. The quantitative estimate of drug-likeness (QED) is 0.0515. The highest BCUT2D eigenvalue weighted by atomic mass is 16.8. The molecular formula is C38H68O21. The lowest BCUT2D eigenvalue weighted by atomic mass is 9.97. The third-order valence-electron chi connectivity index (χ3n) is 11.5. The number of ether oxygens (including phenoxy) is 8. The molecule has 0 aromatic carbocycles. The van der Waals surface area contributed by atoms with Gasteiger partial charge in [-0.1, -0.05) is 45.4 Å². The molecular weight excluding hydrogens is 792 g/mol.